The lowest BCUT2D eigenvalue weighted by molar-refractivity contribution is 0.546. The van der Waals surface area contributed by atoms with Crippen molar-refractivity contribution in [2.24, 2.45) is 0 Å². The van der Waals surface area contributed by atoms with Crippen molar-refractivity contribution in [3.8, 4) is 0 Å². The van der Waals surface area contributed by atoms with Crippen molar-refractivity contribution >= 4 is 12.2 Å². The van der Waals surface area contributed by atoms with E-state index in [4.69, 9.17) is 4.42 Å². The van der Waals surface area contributed by atoms with Crippen LogP contribution >= 0.6 is 0 Å². The van der Waals surface area contributed by atoms with Gasteiger partial charge in [-0.1, -0.05) is 30.3 Å². The molecular weight excluding hydrogens is 174 g/mol. The predicted molar refractivity (Wildman–Crippen MR) is 56.6 cm³/mol. The summed E-state index contributed by atoms with van der Waals surface area (Å²) in [6.45, 7) is 1.91. The van der Waals surface area contributed by atoms with Gasteiger partial charge in [-0.3, -0.25) is 0 Å². The molecule has 0 spiro atoms. The lowest BCUT2D eigenvalue weighted by Gasteiger charge is -1.88. The van der Waals surface area contributed by atoms with Gasteiger partial charge in [0.25, 0.3) is 0 Å². The van der Waals surface area contributed by atoms with Gasteiger partial charge in [0.15, 0.2) is 0 Å². The number of hydrogen-bond donors (Lipinski definition) is 0. The molecule has 0 aliphatic carbocycles. The maximum atomic E-state index is 5.19. The highest BCUT2D eigenvalue weighted by atomic mass is 16.3. The van der Waals surface area contributed by atoms with E-state index in [9.17, 15) is 0 Å². The molecule has 2 aromatic rings. The second-order valence-electron chi connectivity index (χ2n) is 3.07. The molecule has 0 aliphatic rings. The number of aromatic nitrogens is 1. The Hall–Kier alpha value is -1.83. The topological polar surface area (TPSA) is 26.0 Å². The fraction of sp³-hybridized carbons (Fsp3) is 0.0833. The first kappa shape index (κ1) is 8.75. The summed E-state index contributed by atoms with van der Waals surface area (Å²) in [7, 11) is 0. The summed E-state index contributed by atoms with van der Waals surface area (Å²) in [6.07, 6.45) is 5.48. The van der Waals surface area contributed by atoms with Crippen molar-refractivity contribution in [1.29, 1.82) is 0 Å². The highest BCUT2D eigenvalue weighted by Gasteiger charge is 1.93. The van der Waals surface area contributed by atoms with Gasteiger partial charge in [0.1, 0.15) is 6.26 Å². The van der Waals surface area contributed by atoms with Gasteiger partial charge in [-0.2, -0.15) is 0 Å². The van der Waals surface area contributed by atoms with Crippen molar-refractivity contribution < 1.29 is 4.42 Å². The molecular formula is C12H11NO. The summed E-state index contributed by atoms with van der Waals surface area (Å²) in [5.41, 5.74) is 2.04. The molecule has 1 heterocycles. The average Bonchev–Trinajstić information content (AvgIpc) is 2.63. The molecule has 0 fully saturated rings. The monoisotopic (exact) mass is 185 g/mol. The van der Waals surface area contributed by atoms with Crippen LogP contribution in [0.4, 0.5) is 0 Å². The molecule has 0 atom stereocenters. The maximum absolute atomic E-state index is 5.19. The van der Waals surface area contributed by atoms with Gasteiger partial charge < -0.3 is 4.42 Å². The van der Waals surface area contributed by atoms with Crippen LogP contribution in [0.5, 0.6) is 0 Å². The van der Waals surface area contributed by atoms with Crippen LogP contribution < -0.4 is 0 Å². The number of oxazole rings is 1. The van der Waals surface area contributed by atoms with E-state index in [0.717, 1.165) is 11.3 Å². The SMILES string of the molecule is Cc1coc(C=Cc2ccccc2)n1. The first-order chi connectivity index (χ1) is 6.84. The smallest absolute Gasteiger partial charge is 0.218 e. The summed E-state index contributed by atoms with van der Waals surface area (Å²) in [5, 5.41) is 0. The Morgan fingerprint density at radius 3 is 2.57 bits per heavy atom. The molecule has 0 N–H and O–H groups in total. The lowest BCUT2D eigenvalue weighted by atomic mass is 10.2. The van der Waals surface area contributed by atoms with E-state index >= 15 is 0 Å². The Morgan fingerprint density at radius 1 is 1.14 bits per heavy atom. The summed E-state index contributed by atoms with van der Waals surface area (Å²) in [6, 6.07) is 10.1. The quantitative estimate of drug-likeness (QED) is 0.718. The van der Waals surface area contributed by atoms with E-state index in [-0.39, 0.29) is 0 Å². The van der Waals surface area contributed by atoms with Crippen LogP contribution in [0.2, 0.25) is 0 Å². The van der Waals surface area contributed by atoms with Crippen LogP contribution in [0.25, 0.3) is 12.2 Å². The van der Waals surface area contributed by atoms with Crippen molar-refractivity contribution in [3.05, 3.63) is 53.7 Å². The van der Waals surface area contributed by atoms with Gasteiger partial charge in [-0.25, -0.2) is 4.98 Å². The third-order valence-electron chi connectivity index (χ3n) is 1.85. The van der Waals surface area contributed by atoms with E-state index in [1.165, 1.54) is 0 Å². The summed E-state index contributed by atoms with van der Waals surface area (Å²) >= 11 is 0. The molecule has 2 heteroatoms. The van der Waals surface area contributed by atoms with Crippen LogP contribution in [-0.2, 0) is 0 Å². The zero-order chi connectivity index (χ0) is 9.80. The van der Waals surface area contributed by atoms with Crippen LogP contribution in [0.3, 0.4) is 0 Å². The van der Waals surface area contributed by atoms with Gasteiger partial charge in [-0.05, 0) is 18.6 Å². The van der Waals surface area contributed by atoms with Crippen molar-refractivity contribution in [3.63, 3.8) is 0 Å². The number of aryl methyl sites for hydroxylation is 1. The van der Waals surface area contributed by atoms with E-state index in [1.54, 1.807) is 6.26 Å². The molecule has 70 valence electrons. The number of rotatable bonds is 2. The van der Waals surface area contributed by atoms with E-state index < -0.39 is 0 Å². The Labute approximate surface area is 82.9 Å². The first-order valence-electron chi connectivity index (χ1n) is 4.50. The van der Waals surface area contributed by atoms with Gasteiger partial charge in [-0.15, -0.1) is 0 Å². The lowest BCUT2D eigenvalue weighted by Crippen LogP contribution is -1.72. The molecule has 0 aliphatic heterocycles. The highest BCUT2D eigenvalue weighted by molar-refractivity contribution is 5.65. The zero-order valence-corrected chi connectivity index (χ0v) is 7.97. The van der Waals surface area contributed by atoms with Crippen molar-refractivity contribution in [2.75, 3.05) is 0 Å². The van der Waals surface area contributed by atoms with Crippen molar-refractivity contribution in [1.82, 2.24) is 4.98 Å². The third-order valence-corrected chi connectivity index (χ3v) is 1.85. The third kappa shape index (κ3) is 2.10. The summed E-state index contributed by atoms with van der Waals surface area (Å²) in [4.78, 5) is 4.17. The standard InChI is InChI=1S/C12H11NO/c1-10-9-14-12(13-10)8-7-11-5-3-2-4-6-11/h2-9H,1H3. The molecule has 0 bridgehead atoms. The van der Waals surface area contributed by atoms with Gasteiger partial charge in [0, 0.05) is 6.08 Å². The zero-order valence-electron chi connectivity index (χ0n) is 7.97. The molecule has 0 saturated heterocycles. The fourth-order valence-corrected chi connectivity index (χ4v) is 1.18. The molecule has 0 radical (unpaired) electrons. The highest BCUT2D eigenvalue weighted by Crippen LogP contribution is 2.07. The van der Waals surface area contributed by atoms with Gasteiger partial charge in [0.05, 0.1) is 5.69 Å². The van der Waals surface area contributed by atoms with Crippen molar-refractivity contribution in [2.45, 2.75) is 6.92 Å². The van der Waals surface area contributed by atoms with E-state index in [0.29, 0.717) is 5.89 Å². The minimum absolute atomic E-state index is 0.645. The fourth-order valence-electron chi connectivity index (χ4n) is 1.18. The Kier molecular flexibility index (Phi) is 2.45. The van der Waals surface area contributed by atoms with Gasteiger partial charge in [0.2, 0.25) is 5.89 Å². The van der Waals surface area contributed by atoms with E-state index in [2.05, 4.69) is 4.98 Å². The Morgan fingerprint density at radius 2 is 1.93 bits per heavy atom. The first-order valence-corrected chi connectivity index (χ1v) is 4.50. The van der Waals surface area contributed by atoms with Crippen LogP contribution in [0, 0.1) is 6.92 Å². The van der Waals surface area contributed by atoms with Crippen LogP contribution in [0.1, 0.15) is 17.1 Å². The molecule has 2 rings (SSSR count). The van der Waals surface area contributed by atoms with Gasteiger partial charge >= 0.3 is 0 Å². The molecule has 0 saturated carbocycles. The summed E-state index contributed by atoms with van der Waals surface area (Å²) in [5.74, 6) is 0.645. The predicted octanol–water partition coefficient (Wildman–Crippen LogP) is 3.15. The average molecular weight is 185 g/mol. The number of nitrogens with zero attached hydrogens (tertiary/aromatic N) is 1. The molecule has 1 aromatic heterocycles. The largest absolute Gasteiger partial charge is 0.445 e. The maximum Gasteiger partial charge on any atom is 0.218 e. The molecule has 0 unspecified atom stereocenters. The summed E-state index contributed by atoms with van der Waals surface area (Å²) < 4.78 is 5.19. The molecule has 14 heavy (non-hydrogen) atoms. The minimum atomic E-state index is 0.645. The number of hydrogen-bond acceptors (Lipinski definition) is 2. The van der Waals surface area contributed by atoms with Crippen LogP contribution in [-0.4, -0.2) is 4.98 Å². The molecule has 2 nitrogen and oxygen atoms in total. The second kappa shape index (κ2) is 3.92. The molecule has 1 aromatic carbocycles. The normalized spacial score (nSPS) is 10.9. The van der Waals surface area contributed by atoms with Crippen LogP contribution in [0.15, 0.2) is 41.0 Å². The molecule has 0 amide bonds. The minimum Gasteiger partial charge on any atom is -0.445 e. The van der Waals surface area contributed by atoms with E-state index in [1.807, 2.05) is 49.4 Å². The number of benzene rings is 1. The second-order valence-corrected chi connectivity index (χ2v) is 3.07. The Bertz CT molecular complexity index is 429. The Balaban J connectivity index is 2.15.